The van der Waals surface area contributed by atoms with Gasteiger partial charge in [-0.3, -0.25) is 4.79 Å². The molecule has 2 nitrogen and oxygen atoms in total. The Bertz CT molecular complexity index is 232. The van der Waals surface area contributed by atoms with Crippen molar-refractivity contribution < 1.29 is 9.90 Å². The SMILES string of the molecule is O=C1C2C[C@@H]3C[C@H](C2)CC1(O)C3. The van der Waals surface area contributed by atoms with Crippen LogP contribution in [0.15, 0.2) is 0 Å². The molecule has 12 heavy (non-hydrogen) atoms. The molecular formula is C10H14O2. The van der Waals surface area contributed by atoms with Gasteiger partial charge in [0.25, 0.3) is 0 Å². The fraction of sp³-hybridized carbons (Fsp3) is 0.900. The zero-order chi connectivity index (χ0) is 8.34. The van der Waals surface area contributed by atoms with E-state index in [0.717, 1.165) is 25.7 Å². The highest BCUT2D eigenvalue weighted by molar-refractivity contribution is 5.91. The Balaban J connectivity index is 2.02. The maximum absolute atomic E-state index is 11.6. The van der Waals surface area contributed by atoms with Gasteiger partial charge in [-0.15, -0.1) is 0 Å². The van der Waals surface area contributed by atoms with Crippen molar-refractivity contribution in [1.29, 1.82) is 0 Å². The Hall–Kier alpha value is -0.370. The van der Waals surface area contributed by atoms with E-state index in [2.05, 4.69) is 0 Å². The van der Waals surface area contributed by atoms with E-state index in [4.69, 9.17) is 0 Å². The summed E-state index contributed by atoms with van der Waals surface area (Å²) >= 11 is 0. The molecule has 0 aliphatic heterocycles. The Labute approximate surface area is 72.0 Å². The van der Waals surface area contributed by atoms with Crippen molar-refractivity contribution in [2.75, 3.05) is 0 Å². The summed E-state index contributed by atoms with van der Waals surface area (Å²) < 4.78 is 0. The van der Waals surface area contributed by atoms with Gasteiger partial charge in [0.15, 0.2) is 5.78 Å². The number of Topliss-reactive ketones (excluding diaryl/α,β-unsaturated/α-hetero) is 1. The molecule has 0 saturated heterocycles. The maximum Gasteiger partial charge on any atom is 0.167 e. The molecule has 4 saturated carbocycles. The second-order valence-electron chi connectivity index (χ2n) is 4.94. The topological polar surface area (TPSA) is 37.3 Å². The predicted octanol–water partition coefficient (Wildman–Crippen LogP) is 1.13. The number of carbonyl (C=O) groups is 1. The number of rotatable bonds is 0. The van der Waals surface area contributed by atoms with Crippen LogP contribution in [0, 0.1) is 17.8 Å². The van der Waals surface area contributed by atoms with Crippen LogP contribution in [0.3, 0.4) is 0 Å². The highest BCUT2D eigenvalue weighted by atomic mass is 16.3. The molecule has 2 heteroatoms. The number of hydrogen-bond donors (Lipinski definition) is 1. The second kappa shape index (κ2) is 1.92. The molecule has 4 rings (SSSR count). The molecule has 0 amide bonds. The van der Waals surface area contributed by atoms with E-state index < -0.39 is 5.60 Å². The third kappa shape index (κ3) is 0.717. The van der Waals surface area contributed by atoms with Crippen LogP contribution in [0.1, 0.15) is 32.1 Å². The average molecular weight is 166 g/mol. The lowest BCUT2D eigenvalue weighted by molar-refractivity contribution is -0.168. The van der Waals surface area contributed by atoms with Crippen LogP contribution < -0.4 is 0 Å². The van der Waals surface area contributed by atoms with Crippen molar-refractivity contribution in [1.82, 2.24) is 0 Å². The molecule has 0 heterocycles. The van der Waals surface area contributed by atoms with Gasteiger partial charge in [-0.25, -0.2) is 0 Å². The van der Waals surface area contributed by atoms with Crippen LogP contribution in [-0.4, -0.2) is 16.5 Å². The van der Waals surface area contributed by atoms with Crippen LogP contribution in [0.5, 0.6) is 0 Å². The predicted molar refractivity (Wildman–Crippen MR) is 43.5 cm³/mol. The van der Waals surface area contributed by atoms with Gasteiger partial charge < -0.3 is 5.11 Å². The Morgan fingerprint density at radius 2 is 1.75 bits per heavy atom. The molecule has 66 valence electrons. The molecule has 4 aliphatic carbocycles. The smallest absolute Gasteiger partial charge is 0.167 e. The van der Waals surface area contributed by atoms with Crippen molar-refractivity contribution in [2.45, 2.75) is 37.7 Å². The normalized spacial score (nSPS) is 56.4. The number of aliphatic hydroxyl groups is 1. The standard InChI is InChI=1S/C10H14O2/c11-9-8-2-6-1-7(3-8)5-10(9,12)4-6/h6-8,12H,1-5H2/t6-,7+,8?,10?. The highest BCUT2D eigenvalue weighted by Gasteiger charge is 2.55. The van der Waals surface area contributed by atoms with Crippen molar-refractivity contribution >= 4 is 5.78 Å². The highest BCUT2D eigenvalue weighted by Crippen LogP contribution is 2.53. The minimum atomic E-state index is -0.880. The first-order valence-electron chi connectivity index (χ1n) is 4.94. The van der Waals surface area contributed by atoms with Crippen LogP contribution in [0.2, 0.25) is 0 Å². The maximum atomic E-state index is 11.6. The lowest BCUT2D eigenvalue weighted by Gasteiger charge is -2.52. The van der Waals surface area contributed by atoms with Gasteiger partial charge in [-0.05, 0) is 43.9 Å². The Morgan fingerprint density at radius 3 is 2.25 bits per heavy atom. The van der Waals surface area contributed by atoms with Crippen molar-refractivity contribution in [2.24, 2.45) is 17.8 Å². The Kier molecular flexibility index (Phi) is 1.13. The van der Waals surface area contributed by atoms with E-state index in [1.54, 1.807) is 0 Å². The molecular weight excluding hydrogens is 152 g/mol. The second-order valence-corrected chi connectivity index (χ2v) is 4.94. The third-order valence-electron chi connectivity index (χ3n) is 3.98. The minimum Gasteiger partial charge on any atom is -0.382 e. The Morgan fingerprint density at radius 1 is 1.17 bits per heavy atom. The summed E-state index contributed by atoms with van der Waals surface area (Å²) in [5, 5.41) is 10.0. The van der Waals surface area contributed by atoms with E-state index in [-0.39, 0.29) is 11.7 Å². The van der Waals surface area contributed by atoms with Crippen LogP contribution in [-0.2, 0) is 4.79 Å². The summed E-state index contributed by atoms with van der Waals surface area (Å²) in [5.41, 5.74) is -0.880. The lowest BCUT2D eigenvalue weighted by atomic mass is 9.54. The summed E-state index contributed by atoms with van der Waals surface area (Å²) in [5.74, 6) is 1.70. The largest absolute Gasteiger partial charge is 0.382 e. The fourth-order valence-electron chi connectivity index (χ4n) is 3.73. The number of ketones is 1. The van der Waals surface area contributed by atoms with E-state index >= 15 is 0 Å². The zero-order valence-electron chi connectivity index (χ0n) is 7.12. The van der Waals surface area contributed by atoms with Crippen LogP contribution in [0.25, 0.3) is 0 Å². The monoisotopic (exact) mass is 166 g/mol. The number of carbonyl (C=O) groups excluding carboxylic acids is 1. The molecule has 4 bridgehead atoms. The van der Waals surface area contributed by atoms with Crippen LogP contribution >= 0.6 is 0 Å². The zero-order valence-corrected chi connectivity index (χ0v) is 7.12. The minimum absolute atomic E-state index is 0.162. The first kappa shape index (κ1) is 7.07. The van der Waals surface area contributed by atoms with Gasteiger partial charge in [0.2, 0.25) is 0 Å². The molecule has 0 radical (unpaired) electrons. The van der Waals surface area contributed by atoms with Crippen molar-refractivity contribution in [3.8, 4) is 0 Å². The van der Waals surface area contributed by atoms with Gasteiger partial charge in [-0.2, -0.15) is 0 Å². The number of hydrogen-bond acceptors (Lipinski definition) is 2. The van der Waals surface area contributed by atoms with Gasteiger partial charge in [0, 0.05) is 5.92 Å². The van der Waals surface area contributed by atoms with Gasteiger partial charge in [0.1, 0.15) is 5.60 Å². The molecule has 0 aromatic heterocycles. The molecule has 0 aromatic carbocycles. The van der Waals surface area contributed by atoms with Gasteiger partial charge in [0.05, 0.1) is 0 Å². The summed E-state index contributed by atoms with van der Waals surface area (Å²) in [6.07, 6.45) is 4.93. The molecule has 0 aromatic rings. The summed E-state index contributed by atoms with van der Waals surface area (Å²) in [6, 6.07) is 0. The third-order valence-corrected chi connectivity index (χ3v) is 3.98. The molecule has 1 N–H and O–H groups in total. The average Bonchev–Trinajstić information content (AvgIpc) is 1.98. The molecule has 4 atom stereocenters. The van der Waals surface area contributed by atoms with E-state index in [1.807, 2.05) is 0 Å². The quantitative estimate of drug-likeness (QED) is 0.585. The van der Waals surface area contributed by atoms with Crippen molar-refractivity contribution in [3.63, 3.8) is 0 Å². The molecule has 4 fully saturated rings. The summed E-state index contributed by atoms with van der Waals surface area (Å²) in [7, 11) is 0. The fourth-order valence-corrected chi connectivity index (χ4v) is 3.73. The first-order chi connectivity index (χ1) is 5.67. The molecule has 2 unspecified atom stereocenters. The molecule has 0 spiro atoms. The van der Waals surface area contributed by atoms with E-state index in [9.17, 15) is 9.90 Å². The van der Waals surface area contributed by atoms with E-state index in [0.29, 0.717) is 11.8 Å². The van der Waals surface area contributed by atoms with Gasteiger partial charge in [-0.1, -0.05) is 0 Å². The molecule has 4 aliphatic rings. The summed E-state index contributed by atoms with van der Waals surface area (Å²) in [6.45, 7) is 0. The lowest BCUT2D eigenvalue weighted by Crippen LogP contribution is -2.57. The first-order valence-corrected chi connectivity index (χ1v) is 4.94. The van der Waals surface area contributed by atoms with Crippen LogP contribution in [0.4, 0.5) is 0 Å². The van der Waals surface area contributed by atoms with E-state index in [1.165, 1.54) is 6.42 Å². The summed E-state index contributed by atoms with van der Waals surface area (Å²) in [4.78, 5) is 11.6. The van der Waals surface area contributed by atoms with Gasteiger partial charge >= 0.3 is 0 Å². The van der Waals surface area contributed by atoms with Crippen molar-refractivity contribution in [3.05, 3.63) is 0 Å².